The van der Waals surface area contributed by atoms with Crippen LogP contribution in [-0.2, 0) is 10.5 Å². The zero-order valence-corrected chi connectivity index (χ0v) is 10.7. The van der Waals surface area contributed by atoms with Gasteiger partial charge in [0.1, 0.15) is 12.2 Å². The maximum atomic E-state index is 11.2. The van der Waals surface area contributed by atoms with Gasteiger partial charge in [0.2, 0.25) is 0 Å². The zero-order valence-electron chi connectivity index (χ0n) is 10.7. The minimum atomic E-state index is -3.40. The lowest BCUT2D eigenvalue weighted by Crippen LogP contribution is -2.74. The number of benzene rings is 1. The molecule has 9 heteroatoms. The summed E-state index contributed by atoms with van der Waals surface area (Å²) in [6, 6.07) is 6.92. The van der Waals surface area contributed by atoms with E-state index in [9.17, 15) is 30.5 Å². The Labute approximate surface area is 118 Å². The van der Waals surface area contributed by atoms with Crippen LogP contribution in [0, 0.1) is 10.1 Å². The second-order valence-corrected chi connectivity index (χ2v) is 4.77. The number of nitrogens with zero attached hydrogens (tertiary/aromatic N) is 1. The number of nitro groups is 1. The number of aliphatic hydroxyl groups is 5. The fraction of sp³-hybridized carbons (Fsp3) is 0.500. The van der Waals surface area contributed by atoms with E-state index in [1.165, 1.54) is 24.3 Å². The third kappa shape index (κ3) is 2.11. The highest BCUT2D eigenvalue weighted by Gasteiger charge is 2.73. The van der Waals surface area contributed by atoms with Crippen molar-refractivity contribution in [2.45, 2.75) is 29.8 Å². The van der Waals surface area contributed by atoms with Crippen LogP contribution in [0.15, 0.2) is 30.3 Å². The summed E-state index contributed by atoms with van der Waals surface area (Å²) in [7, 11) is 0. The van der Waals surface area contributed by atoms with E-state index < -0.39 is 41.4 Å². The average Bonchev–Trinajstić information content (AvgIpc) is 2.49. The summed E-state index contributed by atoms with van der Waals surface area (Å²) in [4.78, 5) is 9.87. The fourth-order valence-electron chi connectivity index (χ4n) is 2.34. The molecule has 0 aromatic heterocycles. The molecule has 2 rings (SSSR count). The minimum absolute atomic E-state index is 0.200. The van der Waals surface area contributed by atoms with Crippen molar-refractivity contribution in [3.8, 4) is 0 Å². The average molecular weight is 301 g/mol. The molecule has 0 saturated carbocycles. The Morgan fingerprint density at radius 1 is 1.24 bits per heavy atom. The molecule has 21 heavy (non-hydrogen) atoms. The van der Waals surface area contributed by atoms with Crippen molar-refractivity contribution in [1.29, 1.82) is 0 Å². The van der Waals surface area contributed by atoms with Gasteiger partial charge < -0.3 is 30.3 Å². The molecule has 9 nitrogen and oxygen atoms in total. The maximum Gasteiger partial charge on any atom is 0.409 e. The van der Waals surface area contributed by atoms with Crippen LogP contribution in [0.4, 0.5) is 0 Å². The molecular weight excluding hydrogens is 286 g/mol. The highest BCUT2D eigenvalue weighted by atomic mass is 16.7. The van der Waals surface area contributed by atoms with Crippen LogP contribution in [0.2, 0.25) is 0 Å². The summed E-state index contributed by atoms with van der Waals surface area (Å²) in [5.41, 5.74) is -3.60. The lowest BCUT2D eigenvalue weighted by Gasteiger charge is -2.46. The van der Waals surface area contributed by atoms with Crippen LogP contribution in [0.5, 0.6) is 0 Å². The molecule has 1 aromatic rings. The molecule has 0 amide bonds. The summed E-state index contributed by atoms with van der Waals surface area (Å²) in [6.45, 7) is -0.818. The van der Waals surface area contributed by atoms with E-state index in [1.54, 1.807) is 6.07 Å². The van der Waals surface area contributed by atoms with Gasteiger partial charge in [-0.1, -0.05) is 30.3 Å². The van der Waals surface area contributed by atoms with Crippen LogP contribution in [0.25, 0.3) is 0 Å². The molecule has 1 saturated heterocycles. The van der Waals surface area contributed by atoms with Crippen LogP contribution < -0.4 is 0 Å². The molecule has 0 unspecified atom stereocenters. The molecule has 0 bridgehead atoms. The Morgan fingerprint density at radius 3 is 2.29 bits per heavy atom. The van der Waals surface area contributed by atoms with Gasteiger partial charge in [-0.3, -0.25) is 10.1 Å². The third-order valence-corrected chi connectivity index (χ3v) is 3.56. The predicted octanol–water partition coefficient (Wildman–Crippen LogP) is -2.09. The van der Waals surface area contributed by atoms with Gasteiger partial charge in [-0.15, -0.1) is 0 Å². The number of hydrogen-bond donors (Lipinski definition) is 5. The van der Waals surface area contributed by atoms with Crippen LogP contribution in [0.3, 0.4) is 0 Å². The molecular formula is C12H15NO8. The van der Waals surface area contributed by atoms with Gasteiger partial charge in [-0.2, -0.15) is 0 Å². The van der Waals surface area contributed by atoms with E-state index in [0.717, 1.165) is 0 Å². The summed E-state index contributed by atoms with van der Waals surface area (Å²) in [5.74, 6) is -2.94. The minimum Gasteiger partial charge on any atom is -0.394 e. The number of ether oxygens (including phenoxy) is 1. The van der Waals surface area contributed by atoms with Crippen molar-refractivity contribution in [2.75, 3.05) is 6.61 Å². The Hall–Kier alpha value is -1.62. The molecule has 5 atom stereocenters. The maximum absolute atomic E-state index is 11.2. The van der Waals surface area contributed by atoms with E-state index in [1.807, 2.05) is 0 Å². The van der Waals surface area contributed by atoms with Gasteiger partial charge in [0.15, 0.2) is 6.10 Å². The monoisotopic (exact) mass is 301 g/mol. The zero-order chi connectivity index (χ0) is 15.8. The van der Waals surface area contributed by atoms with Crippen molar-refractivity contribution >= 4 is 0 Å². The SMILES string of the molecule is O=[N+]([O-])[C@@]1(O)[C@@H](O)[C@H](O)[C@@H](CO)O[C@]1(O)c1ccccc1. The van der Waals surface area contributed by atoms with Gasteiger partial charge in [0, 0.05) is 5.56 Å². The Balaban J connectivity index is 2.61. The first-order chi connectivity index (χ1) is 9.79. The standard InChI is InChI=1S/C12H15NO8/c14-6-8-9(15)10(16)11(17,13(19)20)12(18,21-8)7-4-2-1-3-5-7/h1-5,8-10,14-18H,6H2/t8-,9-,10+,11-,12-/m1/s1. The van der Waals surface area contributed by atoms with Gasteiger partial charge in [-0.05, 0) is 0 Å². The first-order valence-corrected chi connectivity index (χ1v) is 6.08. The van der Waals surface area contributed by atoms with Crippen molar-refractivity contribution < 1.29 is 35.2 Å². The van der Waals surface area contributed by atoms with Crippen LogP contribution in [-0.4, -0.2) is 61.1 Å². The lowest BCUT2D eigenvalue weighted by molar-refractivity contribution is -0.698. The second-order valence-electron chi connectivity index (χ2n) is 4.77. The van der Waals surface area contributed by atoms with Crippen molar-refractivity contribution in [3.63, 3.8) is 0 Å². The molecule has 0 radical (unpaired) electrons. The second kappa shape index (κ2) is 5.30. The topological polar surface area (TPSA) is 154 Å². The van der Waals surface area contributed by atoms with E-state index >= 15 is 0 Å². The molecule has 1 aromatic carbocycles. The molecule has 1 heterocycles. The summed E-state index contributed by atoms with van der Waals surface area (Å²) in [5, 5.41) is 60.6. The van der Waals surface area contributed by atoms with Crippen LogP contribution >= 0.6 is 0 Å². The fourth-order valence-corrected chi connectivity index (χ4v) is 2.34. The molecule has 0 spiro atoms. The number of rotatable bonds is 3. The molecule has 1 fully saturated rings. The number of aliphatic hydroxyl groups excluding tert-OH is 3. The summed E-state index contributed by atoms with van der Waals surface area (Å²) < 4.78 is 4.97. The Morgan fingerprint density at radius 2 is 1.81 bits per heavy atom. The van der Waals surface area contributed by atoms with Gasteiger partial charge in [-0.25, -0.2) is 0 Å². The third-order valence-electron chi connectivity index (χ3n) is 3.56. The number of hydrogen-bond acceptors (Lipinski definition) is 8. The van der Waals surface area contributed by atoms with Gasteiger partial charge in [0.05, 0.1) is 11.5 Å². The quantitative estimate of drug-likeness (QED) is 0.242. The molecule has 5 N–H and O–H groups in total. The lowest BCUT2D eigenvalue weighted by atomic mass is 9.83. The van der Waals surface area contributed by atoms with E-state index in [0.29, 0.717) is 0 Å². The predicted molar refractivity (Wildman–Crippen MR) is 66.3 cm³/mol. The van der Waals surface area contributed by atoms with Crippen molar-refractivity contribution in [2.24, 2.45) is 0 Å². The first-order valence-electron chi connectivity index (χ1n) is 6.08. The van der Waals surface area contributed by atoms with Crippen LogP contribution in [0.1, 0.15) is 5.56 Å². The molecule has 1 aliphatic rings. The van der Waals surface area contributed by atoms with E-state index in [4.69, 9.17) is 9.84 Å². The first kappa shape index (κ1) is 15.8. The Bertz CT molecular complexity index is 525. The van der Waals surface area contributed by atoms with E-state index in [-0.39, 0.29) is 5.56 Å². The molecule has 116 valence electrons. The van der Waals surface area contributed by atoms with Crippen molar-refractivity contribution in [1.82, 2.24) is 0 Å². The highest BCUT2D eigenvalue weighted by molar-refractivity contribution is 5.25. The normalized spacial score (nSPS) is 40.0. The largest absolute Gasteiger partial charge is 0.409 e. The smallest absolute Gasteiger partial charge is 0.394 e. The summed E-state index contributed by atoms with van der Waals surface area (Å²) >= 11 is 0. The summed E-state index contributed by atoms with van der Waals surface area (Å²) in [6.07, 6.45) is -5.83. The Kier molecular flexibility index (Phi) is 3.97. The van der Waals surface area contributed by atoms with Crippen molar-refractivity contribution in [3.05, 3.63) is 46.0 Å². The van der Waals surface area contributed by atoms with Gasteiger partial charge in [0.25, 0.3) is 5.79 Å². The van der Waals surface area contributed by atoms with Gasteiger partial charge >= 0.3 is 5.72 Å². The molecule has 0 aliphatic carbocycles. The highest BCUT2D eigenvalue weighted by Crippen LogP contribution is 2.43. The van der Waals surface area contributed by atoms with E-state index in [2.05, 4.69) is 0 Å². The molecule has 1 aliphatic heterocycles.